The summed E-state index contributed by atoms with van der Waals surface area (Å²) >= 11 is 3.49. The van der Waals surface area contributed by atoms with Gasteiger partial charge in [0, 0.05) is 12.6 Å². The largest absolute Gasteiger partial charge is 0.491 e. The summed E-state index contributed by atoms with van der Waals surface area (Å²) in [6.07, 6.45) is 0. The summed E-state index contributed by atoms with van der Waals surface area (Å²) in [7, 11) is 4.05. The van der Waals surface area contributed by atoms with Gasteiger partial charge >= 0.3 is 0 Å². The zero-order valence-corrected chi connectivity index (χ0v) is 11.6. The van der Waals surface area contributed by atoms with Gasteiger partial charge in [0.25, 0.3) is 0 Å². The molecule has 1 atom stereocenters. The lowest BCUT2D eigenvalue weighted by atomic mass is 10.1. The maximum Gasteiger partial charge on any atom is 0.133 e. The van der Waals surface area contributed by atoms with Crippen LogP contribution in [0, 0.1) is 0 Å². The fourth-order valence-electron chi connectivity index (χ4n) is 1.26. The number of rotatable bonds is 5. The molecule has 0 saturated carbocycles. The lowest BCUT2D eigenvalue weighted by Crippen LogP contribution is -2.19. The van der Waals surface area contributed by atoms with Crippen LogP contribution in [0.4, 0.5) is 0 Å². The van der Waals surface area contributed by atoms with Crippen molar-refractivity contribution in [2.45, 2.75) is 13.0 Å². The zero-order valence-electron chi connectivity index (χ0n) is 10.0. The number of hydrogen-bond acceptors (Lipinski definition) is 3. The SMILES string of the molecule is C[C@@H](N)c1ccc(OCCN(C)C)c(Br)c1. The first-order valence-electron chi connectivity index (χ1n) is 5.33. The first-order valence-corrected chi connectivity index (χ1v) is 6.12. The van der Waals surface area contributed by atoms with Gasteiger partial charge in [0.1, 0.15) is 12.4 Å². The number of nitrogens with two attached hydrogens (primary N) is 1. The van der Waals surface area contributed by atoms with Gasteiger partial charge in [-0.15, -0.1) is 0 Å². The predicted molar refractivity (Wildman–Crippen MR) is 70.8 cm³/mol. The van der Waals surface area contributed by atoms with E-state index in [1.165, 1.54) is 0 Å². The molecule has 4 heteroatoms. The highest BCUT2D eigenvalue weighted by atomic mass is 79.9. The van der Waals surface area contributed by atoms with E-state index >= 15 is 0 Å². The molecule has 1 aromatic carbocycles. The summed E-state index contributed by atoms with van der Waals surface area (Å²) in [4.78, 5) is 2.09. The minimum Gasteiger partial charge on any atom is -0.491 e. The van der Waals surface area contributed by atoms with Crippen molar-refractivity contribution in [3.8, 4) is 5.75 Å². The minimum atomic E-state index is 0.0483. The molecule has 0 bridgehead atoms. The van der Waals surface area contributed by atoms with Crippen LogP contribution in [0.15, 0.2) is 22.7 Å². The Hall–Kier alpha value is -0.580. The van der Waals surface area contributed by atoms with E-state index in [0.717, 1.165) is 22.3 Å². The Labute approximate surface area is 106 Å². The summed E-state index contributed by atoms with van der Waals surface area (Å²) in [5, 5.41) is 0. The molecule has 1 aromatic rings. The van der Waals surface area contributed by atoms with Crippen molar-refractivity contribution >= 4 is 15.9 Å². The third-order valence-corrected chi connectivity index (χ3v) is 2.90. The van der Waals surface area contributed by atoms with Crippen LogP contribution in [0.5, 0.6) is 5.75 Å². The number of nitrogens with zero attached hydrogens (tertiary/aromatic N) is 1. The van der Waals surface area contributed by atoms with Gasteiger partial charge in [-0.3, -0.25) is 0 Å². The Balaban J connectivity index is 2.61. The Morgan fingerprint density at radius 3 is 2.62 bits per heavy atom. The molecule has 0 spiro atoms. The summed E-state index contributed by atoms with van der Waals surface area (Å²) in [6, 6.07) is 6.02. The van der Waals surface area contributed by atoms with Crippen LogP contribution in [0.2, 0.25) is 0 Å². The molecule has 0 aliphatic rings. The van der Waals surface area contributed by atoms with Gasteiger partial charge in [0.15, 0.2) is 0 Å². The van der Waals surface area contributed by atoms with Gasteiger partial charge in [0.2, 0.25) is 0 Å². The molecule has 0 amide bonds. The number of halogens is 1. The molecule has 90 valence electrons. The monoisotopic (exact) mass is 286 g/mol. The second kappa shape index (κ2) is 6.23. The average molecular weight is 287 g/mol. The summed E-state index contributed by atoms with van der Waals surface area (Å²) in [5.74, 6) is 0.867. The van der Waals surface area contributed by atoms with Crippen molar-refractivity contribution < 1.29 is 4.74 Å². The fourth-order valence-corrected chi connectivity index (χ4v) is 1.77. The Bertz CT molecular complexity index is 340. The lowest BCUT2D eigenvalue weighted by Gasteiger charge is -2.13. The molecule has 16 heavy (non-hydrogen) atoms. The summed E-state index contributed by atoms with van der Waals surface area (Å²) < 4.78 is 6.61. The molecule has 0 radical (unpaired) electrons. The Morgan fingerprint density at radius 2 is 2.12 bits per heavy atom. The van der Waals surface area contributed by atoms with E-state index in [9.17, 15) is 0 Å². The fraction of sp³-hybridized carbons (Fsp3) is 0.500. The van der Waals surface area contributed by atoms with E-state index in [1.807, 2.05) is 39.2 Å². The first kappa shape index (κ1) is 13.5. The minimum absolute atomic E-state index is 0.0483. The van der Waals surface area contributed by atoms with Crippen LogP contribution < -0.4 is 10.5 Å². The number of benzene rings is 1. The molecule has 0 fully saturated rings. The molecule has 0 heterocycles. The van der Waals surface area contributed by atoms with Crippen LogP contribution in [0.1, 0.15) is 18.5 Å². The van der Waals surface area contributed by atoms with Crippen LogP contribution in [-0.2, 0) is 0 Å². The van der Waals surface area contributed by atoms with Crippen LogP contribution in [0.25, 0.3) is 0 Å². The van der Waals surface area contributed by atoms with Crippen molar-refractivity contribution in [3.63, 3.8) is 0 Å². The van der Waals surface area contributed by atoms with Crippen LogP contribution in [0.3, 0.4) is 0 Å². The molecule has 0 aliphatic carbocycles. The Kier molecular flexibility index (Phi) is 5.25. The van der Waals surface area contributed by atoms with E-state index in [4.69, 9.17) is 10.5 Å². The van der Waals surface area contributed by atoms with Crippen LogP contribution >= 0.6 is 15.9 Å². The molecular weight excluding hydrogens is 268 g/mol. The van der Waals surface area contributed by atoms with E-state index < -0.39 is 0 Å². The molecule has 2 N–H and O–H groups in total. The van der Waals surface area contributed by atoms with Gasteiger partial charge in [-0.25, -0.2) is 0 Å². The highest BCUT2D eigenvalue weighted by Crippen LogP contribution is 2.27. The molecule has 0 aliphatic heterocycles. The standard InChI is InChI=1S/C12H19BrN2O/c1-9(14)10-4-5-12(11(13)8-10)16-7-6-15(2)3/h4-5,8-9H,6-7,14H2,1-3H3/t9-/m1/s1. The lowest BCUT2D eigenvalue weighted by molar-refractivity contribution is 0.260. The van der Waals surface area contributed by atoms with Crippen molar-refractivity contribution in [3.05, 3.63) is 28.2 Å². The van der Waals surface area contributed by atoms with Gasteiger partial charge in [0.05, 0.1) is 4.47 Å². The van der Waals surface area contributed by atoms with E-state index in [1.54, 1.807) is 0 Å². The molecular formula is C12H19BrN2O. The van der Waals surface area contributed by atoms with E-state index in [-0.39, 0.29) is 6.04 Å². The first-order chi connectivity index (χ1) is 7.50. The van der Waals surface area contributed by atoms with Crippen LogP contribution in [-0.4, -0.2) is 32.1 Å². The van der Waals surface area contributed by atoms with Crippen molar-refractivity contribution in [2.24, 2.45) is 5.73 Å². The maximum atomic E-state index is 5.80. The quantitative estimate of drug-likeness (QED) is 0.904. The number of likely N-dealkylation sites (N-methyl/N-ethyl adjacent to an activating group) is 1. The smallest absolute Gasteiger partial charge is 0.133 e. The van der Waals surface area contributed by atoms with Crippen molar-refractivity contribution in [1.29, 1.82) is 0 Å². The number of hydrogen-bond donors (Lipinski definition) is 1. The highest BCUT2D eigenvalue weighted by Gasteiger charge is 2.05. The zero-order chi connectivity index (χ0) is 12.1. The molecule has 0 unspecified atom stereocenters. The topological polar surface area (TPSA) is 38.5 Å². The van der Waals surface area contributed by atoms with E-state index in [2.05, 4.69) is 20.8 Å². The summed E-state index contributed by atoms with van der Waals surface area (Å²) in [6.45, 7) is 3.55. The van der Waals surface area contributed by atoms with Crippen molar-refractivity contribution in [2.75, 3.05) is 27.2 Å². The van der Waals surface area contributed by atoms with Gasteiger partial charge in [-0.1, -0.05) is 6.07 Å². The second-order valence-corrected chi connectivity index (χ2v) is 4.98. The maximum absolute atomic E-state index is 5.80. The second-order valence-electron chi connectivity index (χ2n) is 4.13. The molecule has 0 aromatic heterocycles. The highest BCUT2D eigenvalue weighted by molar-refractivity contribution is 9.10. The molecule has 3 nitrogen and oxygen atoms in total. The van der Waals surface area contributed by atoms with Gasteiger partial charge in [-0.2, -0.15) is 0 Å². The van der Waals surface area contributed by atoms with Crippen molar-refractivity contribution in [1.82, 2.24) is 4.90 Å². The average Bonchev–Trinajstić information content (AvgIpc) is 2.19. The van der Waals surface area contributed by atoms with E-state index in [0.29, 0.717) is 6.61 Å². The predicted octanol–water partition coefficient (Wildman–Crippen LogP) is 2.41. The normalized spacial score (nSPS) is 12.9. The van der Waals surface area contributed by atoms with Gasteiger partial charge in [-0.05, 0) is 54.6 Å². The van der Waals surface area contributed by atoms with Gasteiger partial charge < -0.3 is 15.4 Å². The third-order valence-electron chi connectivity index (χ3n) is 2.28. The molecule has 1 rings (SSSR count). The number of ether oxygens (including phenoxy) is 1. The Morgan fingerprint density at radius 1 is 1.44 bits per heavy atom. The third kappa shape index (κ3) is 4.12. The summed E-state index contributed by atoms with van der Waals surface area (Å²) in [5.41, 5.74) is 6.91. The molecule has 0 saturated heterocycles.